The number of amides is 1. The van der Waals surface area contributed by atoms with Crippen LogP contribution in [0.3, 0.4) is 0 Å². The monoisotopic (exact) mass is 305 g/mol. The van der Waals surface area contributed by atoms with Gasteiger partial charge in [-0.25, -0.2) is 4.98 Å². The molecular formula is C16H23N3OS. The van der Waals surface area contributed by atoms with Gasteiger partial charge >= 0.3 is 0 Å². The van der Waals surface area contributed by atoms with Crippen LogP contribution in [-0.4, -0.2) is 27.9 Å². The highest BCUT2D eigenvalue weighted by molar-refractivity contribution is 7.09. The fourth-order valence-electron chi connectivity index (χ4n) is 3.74. The van der Waals surface area contributed by atoms with Gasteiger partial charge in [-0.1, -0.05) is 19.8 Å². The molecule has 2 heterocycles. The lowest BCUT2D eigenvalue weighted by Crippen LogP contribution is -2.44. The number of hydrogen-bond acceptors (Lipinski definition) is 4. The van der Waals surface area contributed by atoms with Crippen molar-refractivity contribution in [2.45, 2.75) is 63.6 Å². The zero-order valence-electron chi connectivity index (χ0n) is 12.6. The molecule has 4 rings (SSSR count). The third kappa shape index (κ3) is 2.30. The van der Waals surface area contributed by atoms with E-state index in [9.17, 15) is 4.79 Å². The minimum Gasteiger partial charge on any atom is -0.319 e. The zero-order valence-corrected chi connectivity index (χ0v) is 13.4. The summed E-state index contributed by atoms with van der Waals surface area (Å²) in [7, 11) is 0. The molecule has 2 saturated carbocycles. The van der Waals surface area contributed by atoms with Crippen LogP contribution < -0.4 is 5.32 Å². The van der Waals surface area contributed by atoms with Gasteiger partial charge in [0.15, 0.2) is 0 Å². The van der Waals surface area contributed by atoms with Crippen molar-refractivity contribution in [3.63, 3.8) is 0 Å². The van der Waals surface area contributed by atoms with Crippen LogP contribution in [0.4, 0.5) is 0 Å². The Bertz CT molecular complexity index is 545. The molecule has 1 N–H and O–H groups in total. The van der Waals surface area contributed by atoms with Gasteiger partial charge in [0.1, 0.15) is 6.17 Å². The van der Waals surface area contributed by atoms with E-state index in [0.29, 0.717) is 5.91 Å². The summed E-state index contributed by atoms with van der Waals surface area (Å²) in [6.45, 7) is 3.05. The molecule has 0 unspecified atom stereocenters. The molecule has 1 aromatic heterocycles. The number of nitrogens with one attached hydrogen (secondary N) is 1. The summed E-state index contributed by atoms with van der Waals surface area (Å²) >= 11 is 1.72. The van der Waals surface area contributed by atoms with Gasteiger partial charge in [-0.15, -0.1) is 11.3 Å². The maximum Gasteiger partial charge on any atom is 0.244 e. The summed E-state index contributed by atoms with van der Waals surface area (Å²) in [5.74, 6) is 1.06. The van der Waals surface area contributed by atoms with Crippen LogP contribution in [0.15, 0.2) is 5.38 Å². The molecule has 1 spiro atoms. The summed E-state index contributed by atoms with van der Waals surface area (Å²) in [5, 5.41) is 6.97. The van der Waals surface area contributed by atoms with Crippen LogP contribution in [0.2, 0.25) is 0 Å². The number of hydrogen-bond donors (Lipinski definition) is 1. The quantitative estimate of drug-likeness (QED) is 0.930. The third-order valence-electron chi connectivity index (χ3n) is 5.16. The zero-order chi connectivity index (χ0) is 14.4. The summed E-state index contributed by atoms with van der Waals surface area (Å²) in [4.78, 5) is 19.8. The molecule has 1 atom stereocenters. The molecule has 0 bridgehead atoms. The Labute approximate surface area is 129 Å². The van der Waals surface area contributed by atoms with Crippen LogP contribution in [0.25, 0.3) is 0 Å². The summed E-state index contributed by atoms with van der Waals surface area (Å²) in [6.07, 6.45) is 7.86. The maximum absolute atomic E-state index is 13.0. The Hall–Kier alpha value is -0.940. The van der Waals surface area contributed by atoms with E-state index in [-0.39, 0.29) is 11.7 Å². The van der Waals surface area contributed by atoms with E-state index in [4.69, 9.17) is 4.98 Å². The van der Waals surface area contributed by atoms with Crippen molar-refractivity contribution in [2.24, 2.45) is 5.92 Å². The van der Waals surface area contributed by atoms with Crippen LogP contribution >= 0.6 is 11.3 Å². The van der Waals surface area contributed by atoms with Crippen molar-refractivity contribution in [1.29, 1.82) is 0 Å². The fraction of sp³-hybridized carbons (Fsp3) is 0.750. The van der Waals surface area contributed by atoms with Gasteiger partial charge in [0.25, 0.3) is 0 Å². The van der Waals surface area contributed by atoms with Crippen molar-refractivity contribution in [2.75, 3.05) is 6.54 Å². The van der Waals surface area contributed by atoms with Crippen molar-refractivity contribution in [3.8, 4) is 0 Å². The van der Waals surface area contributed by atoms with E-state index < -0.39 is 0 Å². The molecule has 1 amide bonds. The Kier molecular flexibility index (Phi) is 3.30. The van der Waals surface area contributed by atoms with Crippen molar-refractivity contribution in [3.05, 3.63) is 16.1 Å². The molecule has 2 aliphatic carbocycles. The highest BCUT2D eigenvalue weighted by Gasteiger charge is 2.53. The molecule has 1 aliphatic heterocycles. The number of rotatable bonds is 4. The fourth-order valence-corrected chi connectivity index (χ4v) is 4.51. The van der Waals surface area contributed by atoms with Crippen LogP contribution in [-0.2, 0) is 11.2 Å². The van der Waals surface area contributed by atoms with Crippen molar-refractivity contribution < 1.29 is 4.79 Å². The highest BCUT2D eigenvalue weighted by Crippen LogP contribution is 2.43. The minimum atomic E-state index is -0.282. The van der Waals surface area contributed by atoms with E-state index >= 15 is 0 Å². The van der Waals surface area contributed by atoms with Gasteiger partial charge in [0, 0.05) is 11.9 Å². The van der Waals surface area contributed by atoms with Gasteiger partial charge in [0.2, 0.25) is 5.91 Å². The smallest absolute Gasteiger partial charge is 0.244 e. The van der Waals surface area contributed by atoms with Gasteiger partial charge < -0.3 is 4.90 Å². The molecule has 114 valence electrons. The number of aryl methyl sites for hydroxylation is 1. The van der Waals surface area contributed by atoms with E-state index in [1.807, 2.05) is 0 Å². The van der Waals surface area contributed by atoms with E-state index in [1.54, 1.807) is 11.3 Å². The lowest BCUT2D eigenvalue weighted by atomic mass is 9.98. The number of aromatic nitrogens is 1. The van der Waals surface area contributed by atoms with Crippen molar-refractivity contribution in [1.82, 2.24) is 15.2 Å². The van der Waals surface area contributed by atoms with Crippen LogP contribution in [0.5, 0.6) is 0 Å². The predicted molar refractivity (Wildman–Crippen MR) is 83.0 cm³/mol. The second kappa shape index (κ2) is 5.06. The number of thiazole rings is 1. The minimum absolute atomic E-state index is 0.00718. The molecule has 3 aliphatic rings. The molecule has 5 heteroatoms. The first-order valence-electron chi connectivity index (χ1n) is 8.25. The second-order valence-corrected chi connectivity index (χ2v) is 7.70. The van der Waals surface area contributed by atoms with Gasteiger partial charge in [-0.3, -0.25) is 10.1 Å². The Balaban J connectivity index is 1.64. The Morgan fingerprint density at radius 2 is 2.19 bits per heavy atom. The standard InChI is InChI=1S/C16H23N3OS/c1-2-13-17-12(10-21-13)14-18-16(7-3-4-8-16)15(20)19(14)9-11-5-6-11/h10-11,14,18H,2-9H2,1H3/t14-/m1/s1. The number of carbonyl (C=O) groups is 1. The van der Waals surface area contributed by atoms with E-state index in [0.717, 1.165) is 42.4 Å². The highest BCUT2D eigenvalue weighted by atomic mass is 32.1. The average molecular weight is 305 g/mol. The van der Waals surface area contributed by atoms with E-state index in [2.05, 4.69) is 22.5 Å². The first kappa shape index (κ1) is 13.7. The Morgan fingerprint density at radius 3 is 2.81 bits per heavy atom. The van der Waals surface area contributed by atoms with Gasteiger partial charge in [-0.2, -0.15) is 0 Å². The summed E-state index contributed by atoms with van der Waals surface area (Å²) in [6, 6.07) is 0. The largest absolute Gasteiger partial charge is 0.319 e. The third-order valence-corrected chi connectivity index (χ3v) is 6.17. The topological polar surface area (TPSA) is 45.2 Å². The second-order valence-electron chi connectivity index (χ2n) is 6.76. The Morgan fingerprint density at radius 1 is 1.43 bits per heavy atom. The van der Waals surface area contributed by atoms with Gasteiger partial charge in [-0.05, 0) is 38.0 Å². The molecule has 1 aromatic rings. The number of nitrogens with zero attached hydrogens (tertiary/aromatic N) is 2. The van der Waals surface area contributed by atoms with Crippen molar-refractivity contribution >= 4 is 17.2 Å². The SMILES string of the molecule is CCc1nc([C@@H]2NC3(CCCC3)C(=O)N2CC2CC2)cs1. The van der Waals surface area contributed by atoms with Crippen LogP contribution in [0.1, 0.15) is 62.3 Å². The lowest BCUT2D eigenvalue weighted by molar-refractivity contribution is -0.133. The average Bonchev–Trinajstić information content (AvgIpc) is 2.92. The van der Waals surface area contributed by atoms with Gasteiger partial charge in [0.05, 0.1) is 16.2 Å². The summed E-state index contributed by atoms with van der Waals surface area (Å²) < 4.78 is 0. The normalized spacial score (nSPS) is 28.0. The predicted octanol–water partition coefficient (Wildman–Crippen LogP) is 2.86. The number of carbonyl (C=O) groups excluding carboxylic acids is 1. The maximum atomic E-state index is 13.0. The molecule has 3 fully saturated rings. The van der Waals surface area contributed by atoms with E-state index in [1.165, 1.54) is 25.7 Å². The molecule has 0 aromatic carbocycles. The first-order valence-corrected chi connectivity index (χ1v) is 9.13. The molecule has 1 saturated heterocycles. The van der Waals surface area contributed by atoms with Crippen LogP contribution in [0, 0.1) is 5.92 Å². The lowest BCUT2D eigenvalue weighted by Gasteiger charge is -2.22. The molecular weight excluding hydrogens is 282 g/mol. The molecule has 0 radical (unpaired) electrons. The summed E-state index contributed by atoms with van der Waals surface area (Å²) in [5.41, 5.74) is 0.768. The molecule has 21 heavy (non-hydrogen) atoms. The first-order chi connectivity index (χ1) is 10.2. The molecule has 4 nitrogen and oxygen atoms in total.